The van der Waals surface area contributed by atoms with Crippen molar-refractivity contribution in [1.29, 1.82) is 0 Å². The molecule has 0 saturated carbocycles. The maximum atomic E-state index is 10.2. The summed E-state index contributed by atoms with van der Waals surface area (Å²) >= 11 is 0. The Morgan fingerprint density at radius 3 is 1.46 bits per heavy atom. The number of unbranched alkanes of at least 4 members (excludes halogenated alkanes) is 13. The second-order valence-corrected chi connectivity index (χ2v) is 6.77. The van der Waals surface area contributed by atoms with Crippen LogP contribution in [0.25, 0.3) is 0 Å². The molecule has 2 nitrogen and oxygen atoms in total. The molecule has 1 aromatic carbocycles. The molecule has 0 aromatic heterocycles. The van der Waals surface area contributed by atoms with Gasteiger partial charge >= 0.3 is 24.8 Å². The van der Waals surface area contributed by atoms with Crippen LogP contribution < -0.4 is 18.9 Å². The van der Waals surface area contributed by atoms with Crippen molar-refractivity contribution in [1.82, 2.24) is 0 Å². The van der Waals surface area contributed by atoms with Gasteiger partial charge in [0.1, 0.15) is 0 Å². The minimum atomic E-state index is -0.879. The summed E-state index contributed by atoms with van der Waals surface area (Å²) in [7, 11) is 0. The molecule has 0 aliphatic heterocycles. The Morgan fingerprint density at radius 2 is 1.15 bits per heavy atom. The van der Waals surface area contributed by atoms with Gasteiger partial charge in [0.15, 0.2) is 0 Å². The molecule has 144 valence electrons. The quantitative estimate of drug-likeness (QED) is 0.299. The number of hydrogen-bond acceptors (Lipinski definition) is 1. The van der Waals surface area contributed by atoms with E-state index in [0.29, 0.717) is 5.56 Å². The summed E-state index contributed by atoms with van der Waals surface area (Å²) in [4.78, 5) is 10.2. The summed E-state index contributed by atoms with van der Waals surface area (Å²) in [5.74, 6) is -0.879. The predicted molar refractivity (Wildman–Crippen MR) is 109 cm³/mol. The summed E-state index contributed by atoms with van der Waals surface area (Å²) in [6.07, 6.45) is 19.8. The van der Waals surface area contributed by atoms with Gasteiger partial charge < -0.3 is 12.0 Å². The van der Waals surface area contributed by atoms with Crippen LogP contribution in [0.3, 0.4) is 0 Å². The largest absolute Gasteiger partial charge is 1.00 e. The molecule has 0 amide bonds. The number of benzene rings is 1. The monoisotopic (exact) mass is 354 g/mol. The zero-order chi connectivity index (χ0) is 18.6. The van der Waals surface area contributed by atoms with E-state index in [9.17, 15) is 4.79 Å². The van der Waals surface area contributed by atoms with E-state index < -0.39 is 5.97 Å². The second-order valence-electron chi connectivity index (χ2n) is 6.77. The van der Waals surface area contributed by atoms with E-state index in [1.807, 2.05) is 0 Å². The Morgan fingerprint density at radius 1 is 0.769 bits per heavy atom. The van der Waals surface area contributed by atoms with Gasteiger partial charge in [-0.1, -0.05) is 109 Å². The predicted octanol–water partition coefficient (Wildman–Crippen LogP) is 4.69. The Hall–Kier alpha value is -0.713. The van der Waals surface area contributed by atoms with Gasteiger partial charge in [0.05, 0.1) is 5.56 Å². The van der Waals surface area contributed by atoms with Crippen LogP contribution in [0.1, 0.15) is 107 Å². The zero-order valence-electron chi connectivity index (χ0n) is 17.3. The molecule has 0 bridgehead atoms. The third kappa shape index (κ3) is 19.6. The molecule has 0 saturated heterocycles. The van der Waals surface area contributed by atoms with Gasteiger partial charge in [-0.15, -0.1) is 0 Å². The van der Waals surface area contributed by atoms with Crippen LogP contribution in [0.15, 0.2) is 30.3 Å². The van der Waals surface area contributed by atoms with Crippen molar-refractivity contribution in [2.24, 2.45) is 0 Å². The van der Waals surface area contributed by atoms with Crippen LogP contribution in [0.5, 0.6) is 0 Å². The summed E-state index contributed by atoms with van der Waals surface area (Å²) in [6, 6.07) is 8.30. The molecule has 0 spiro atoms. The minimum Gasteiger partial charge on any atom is -0.478 e. The fourth-order valence-electron chi connectivity index (χ4n) is 2.78. The summed E-state index contributed by atoms with van der Waals surface area (Å²) < 4.78 is 0. The van der Waals surface area contributed by atoms with Crippen molar-refractivity contribution in [3.8, 4) is 0 Å². The van der Waals surface area contributed by atoms with Crippen LogP contribution in [-0.4, -0.2) is 11.1 Å². The second kappa shape index (κ2) is 22.3. The fourth-order valence-corrected chi connectivity index (χ4v) is 2.78. The van der Waals surface area contributed by atoms with Crippen molar-refractivity contribution in [2.75, 3.05) is 0 Å². The molecular formula is C23H39LiO2. The van der Waals surface area contributed by atoms with E-state index in [1.54, 1.807) is 30.3 Å². The van der Waals surface area contributed by atoms with Crippen molar-refractivity contribution in [3.63, 3.8) is 0 Å². The molecule has 0 heterocycles. The van der Waals surface area contributed by atoms with Gasteiger partial charge in [-0.05, 0) is 12.1 Å². The Bertz CT molecular complexity index is 378. The number of rotatable bonds is 14. The molecule has 0 radical (unpaired) electrons. The van der Waals surface area contributed by atoms with E-state index >= 15 is 0 Å². The SMILES string of the molecule is O=C(O)c1ccccc1.[CH2-]CCCCCCCCCCCCCCC.[Li+]. The van der Waals surface area contributed by atoms with Gasteiger partial charge in [0, 0.05) is 0 Å². The van der Waals surface area contributed by atoms with Crippen molar-refractivity contribution >= 4 is 5.97 Å². The number of carboxylic acid groups (broad SMARTS) is 1. The van der Waals surface area contributed by atoms with E-state index in [1.165, 1.54) is 83.5 Å². The summed E-state index contributed by atoms with van der Waals surface area (Å²) in [5, 5.41) is 8.38. The Balaban J connectivity index is 0. The molecule has 0 unspecified atom stereocenters. The number of carbonyl (C=O) groups is 1. The van der Waals surface area contributed by atoms with E-state index in [-0.39, 0.29) is 18.9 Å². The first kappa shape index (κ1) is 27.5. The van der Waals surface area contributed by atoms with Gasteiger partial charge in [-0.3, -0.25) is 0 Å². The van der Waals surface area contributed by atoms with E-state index in [2.05, 4.69) is 13.8 Å². The van der Waals surface area contributed by atoms with Crippen LogP contribution in [-0.2, 0) is 0 Å². The smallest absolute Gasteiger partial charge is 0.478 e. The van der Waals surface area contributed by atoms with Crippen LogP contribution in [0.2, 0.25) is 0 Å². The van der Waals surface area contributed by atoms with E-state index in [4.69, 9.17) is 5.11 Å². The average Bonchev–Trinajstić information content (AvgIpc) is 2.64. The maximum Gasteiger partial charge on any atom is 1.00 e. The fraction of sp³-hybridized carbons (Fsp3) is 0.652. The van der Waals surface area contributed by atoms with Crippen molar-refractivity contribution in [3.05, 3.63) is 42.8 Å². The molecule has 1 aromatic rings. The van der Waals surface area contributed by atoms with Crippen LogP contribution in [0, 0.1) is 6.92 Å². The third-order valence-corrected chi connectivity index (χ3v) is 4.37. The Kier molecular flexibility index (Phi) is 23.6. The first-order chi connectivity index (χ1) is 12.2. The summed E-state index contributed by atoms with van der Waals surface area (Å²) in [6.45, 7) is 6.16. The molecule has 0 fully saturated rings. The van der Waals surface area contributed by atoms with Gasteiger partial charge in [0.2, 0.25) is 0 Å². The molecule has 1 rings (SSSR count). The number of hydrogen-bond donors (Lipinski definition) is 1. The molecule has 1 N–H and O–H groups in total. The summed E-state index contributed by atoms with van der Waals surface area (Å²) in [5.41, 5.74) is 0.331. The van der Waals surface area contributed by atoms with E-state index in [0.717, 1.165) is 6.42 Å². The number of carboxylic acids is 1. The molecule has 3 heteroatoms. The standard InChI is InChI=1S/C16H33.C7H6O2.Li/c1-3-5-7-9-11-13-15-16-14-12-10-8-6-4-2;8-7(9)6-4-2-1-3-5-6;/h1,3-16H2,2H3;1-5H,(H,8,9);/q-1;;+1. The first-order valence-electron chi connectivity index (χ1n) is 10.3. The molecule has 0 atom stereocenters. The van der Waals surface area contributed by atoms with Gasteiger partial charge in [-0.25, -0.2) is 4.79 Å². The van der Waals surface area contributed by atoms with Gasteiger partial charge in [0.25, 0.3) is 0 Å². The maximum absolute atomic E-state index is 10.2. The average molecular weight is 355 g/mol. The Labute approximate surface area is 174 Å². The van der Waals surface area contributed by atoms with Crippen LogP contribution >= 0.6 is 0 Å². The third-order valence-electron chi connectivity index (χ3n) is 4.37. The topological polar surface area (TPSA) is 37.3 Å². The molecule has 26 heavy (non-hydrogen) atoms. The molecular weight excluding hydrogens is 315 g/mol. The zero-order valence-corrected chi connectivity index (χ0v) is 17.3. The number of aromatic carboxylic acids is 1. The molecule has 0 aliphatic rings. The normalized spacial score (nSPS) is 9.77. The van der Waals surface area contributed by atoms with Crippen molar-refractivity contribution < 1.29 is 28.8 Å². The van der Waals surface area contributed by atoms with Crippen molar-refractivity contribution in [2.45, 2.75) is 96.8 Å². The minimum absolute atomic E-state index is 0. The molecule has 0 aliphatic carbocycles. The first-order valence-corrected chi connectivity index (χ1v) is 10.3. The van der Waals surface area contributed by atoms with Crippen LogP contribution in [0.4, 0.5) is 0 Å². The van der Waals surface area contributed by atoms with Gasteiger partial charge in [-0.2, -0.15) is 6.42 Å².